The lowest BCUT2D eigenvalue weighted by Crippen LogP contribution is -2.24. The Hall–Kier alpha value is -3.64. The number of aromatic nitrogens is 3. The van der Waals surface area contributed by atoms with E-state index in [4.69, 9.17) is 14.4 Å². The molecule has 5 rings (SSSR count). The van der Waals surface area contributed by atoms with Crippen LogP contribution in [0.3, 0.4) is 0 Å². The number of hydrogen-bond donors (Lipinski definition) is 0. The molecule has 0 aliphatic rings. The van der Waals surface area contributed by atoms with Crippen LogP contribution < -0.4 is 5.56 Å². The molecule has 0 unspecified atom stereocenters. The third-order valence-electron chi connectivity index (χ3n) is 5.26. The Kier molecular flexibility index (Phi) is 5.60. The van der Waals surface area contributed by atoms with Gasteiger partial charge in [-0.25, -0.2) is 9.97 Å². The summed E-state index contributed by atoms with van der Waals surface area (Å²) >= 11 is 1.50. The molecule has 0 atom stereocenters. The molecule has 32 heavy (non-hydrogen) atoms. The van der Waals surface area contributed by atoms with Crippen molar-refractivity contribution in [2.24, 2.45) is 0 Å². The van der Waals surface area contributed by atoms with Crippen molar-refractivity contribution in [3.63, 3.8) is 0 Å². The SMILES string of the molecule is Cc1oc(-c2ccccc2)nc1CSc1nc2ccccc2c(=O)n1Cc1ccccc1. The smallest absolute Gasteiger partial charge is 0.262 e. The van der Waals surface area contributed by atoms with Gasteiger partial charge in [0.2, 0.25) is 5.89 Å². The maximum absolute atomic E-state index is 13.3. The van der Waals surface area contributed by atoms with Crippen LogP contribution in [0.15, 0.2) is 99.3 Å². The normalized spacial score (nSPS) is 11.2. The quantitative estimate of drug-likeness (QED) is 0.251. The van der Waals surface area contributed by atoms with E-state index in [1.807, 2.05) is 91.9 Å². The number of para-hydroxylation sites is 1. The van der Waals surface area contributed by atoms with E-state index in [1.165, 1.54) is 11.8 Å². The van der Waals surface area contributed by atoms with Crippen molar-refractivity contribution in [1.29, 1.82) is 0 Å². The number of rotatable bonds is 6. The van der Waals surface area contributed by atoms with E-state index in [-0.39, 0.29) is 5.56 Å². The standard InChI is InChI=1S/C26H21N3O2S/c1-18-23(27-24(31-18)20-12-6-3-7-13-20)17-32-26-28-22-15-9-8-14-21(22)25(30)29(26)16-19-10-4-2-5-11-19/h2-15H,16-17H2,1H3. The predicted octanol–water partition coefficient (Wildman–Crippen LogP) is 5.70. The molecule has 5 aromatic rings. The summed E-state index contributed by atoms with van der Waals surface area (Å²) in [5.41, 5.74) is 3.51. The molecule has 0 fully saturated rings. The van der Waals surface area contributed by atoms with E-state index >= 15 is 0 Å². The Morgan fingerprint density at radius 2 is 1.56 bits per heavy atom. The Labute approximate surface area is 189 Å². The second-order valence-electron chi connectivity index (χ2n) is 7.47. The van der Waals surface area contributed by atoms with Gasteiger partial charge in [0, 0.05) is 11.3 Å². The summed E-state index contributed by atoms with van der Waals surface area (Å²) < 4.78 is 7.64. The van der Waals surface area contributed by atoms with E-state index in [2.05, 4.69) is 0 Å². The van der Waals surface area contributed by atoms with E-state index in [9.17, 15) is 4.79 Å². The first-order chi connectivity index (χ1) is 15.7. The Balaban J connectivity index is 1.49. The van der Waals surface area contributed by atoms with Crippen LogP contribution in [-0.2, 0) is 12.3 Å². The minimum atomic E-state index is -0.0381. The second-order valence-corrected chi connectivity index (χ2v) is 8.41. The van der Waals surface area contributed by atoms with E-state index in [1.54, 1.807) is 4.57 Å². The lowest BCUT2D eigenvalue weighted by atomic mass is 10.2. The molecule has 158 valence electrons. The third kappa shape index (κ3) is 4.09. The zero-order valence-corrected chi connectivity index (χ0v) is 18.4. The minimum absolute atomic E-state index is 0.0381. The monoisotopic (exact) mass is 439 g/mol. The van der Waals surface area contributed by atoms with Gasteiger partial charge in [0.15, 0.2) is 5.16 Å². The van der Waals surface area contributed by atoms with Gasteiger partial charge in [-0.3, -0.25) is 9.36 Å². The fourth-order valence-electron chi connectivity index (χ4n) is 3.56. The molecule has 0 saturated carbocycles. The molecule has 2 aromatic heterocycles. The molecule has 0 N–H and O–H groups in total. The van der Waals surface area contributed by atoms with E-state index in [0.717, 1.165) is 22.6 Å². The Bertz CT molecular complexity index is 1430. The van der Waals surface area contributed by atoms with Crippen molar-refractivity contribution in [2.75, 3.05) is 0 Å². The maximum Gasteiger partial charge on any atom is 0.262 e. The van der Waals surface area contributed by atoms with Gasteiger partial charge in [-0.05, 0) is 36.8 Å². The Morgan fingerprint density at radius 3 is 2.34 bits per heavy atom. The van der Waals surface area contributed by atoms with Gasteiger partial charge in [-0.15, -0.1) is 0 Å². The molecule has 0 aliphatic heterocycles. The van der Waals surface area contributed by atoms with Crippen LogP contribution >= 0.6 is 11.8 Å². The molecule has 6 heteroatoms. The summed E-state index contributed by atoms with van der Waals surface area (Å²) in [5, 5.41) is 1.29. The van der Waals surface area contributed by atoms with Gasteiger partial charge in [0.05, 0.1) is 23.1 Å². The molecule has 0 bridgehead atoms. The molecule has 0 spiro atoms. The van der Waals surface area contributed by atoms with Crippen LogP contribution in [0.1, 0.15) is 17.0 Å². The highest BCUT2D eigenvalue weighted by Crippen LogP contribution is 2.27. The average Bonchev–Trinajstić information content (AvgIpc) is 3.21. The van der Waals surface area contributed by atoms with Crippen LogP contribution in [-0.4, -0.2) is 14.5 Å². The molecule has 0 aliphatic carbocycles. The average molecular weight is 440 g/mol. The van der Waals surface area contributed by atoms with Crippen LogP contribution in [0.25, 0.3) is 22.4 Å². The number of thioether (sulfide) groups is 1. The lowest BCUT2D eigenvalue weighted by molar-refractivity contribution is 0.540. The first-order valence-corrected chi connectivity index (χ1v) is 11.4. The zero-order chi connectivity index (χ0) is 21.9. The summed E-state index contributed by atoms with van der Waals surface area (Å²) in [6.07, 6.45) is 0. The summed E-state index contributed by atoms with van der Waals surface area (Å²) in [6, 6.07) is 27.3. The van der Waals surface area contributed by atoms with Gasteiger partial charge in [-0.1, -0.05) is 72.4 Å². The topological polar surface area (TPSA) is 60.9 Å². The minimum Gasteiger partial charge on any atom is -0.441 e. The van der Waals surface area contributed by atoms with Crippen molar-refractivity contribution in [3.8, 4) is 11.5 Å². The molecule has 0 saturated heterocycles. The summed E-state index contributed by atoms with van der Waals surface area (Å²) in [5.74, 6) is 1.93. The Morgan fingerprint density at radius 1 is 0.875 bits per heavy atom. The molecule has 5 nitrogen and oxygen atoms in total. The molecule has 2 heterocycles. The highest BCUT2D eigenvalue weighted by atomic mass is 32.2. The van der Waals surface area contributed by atoms with Crippen molar-refractivity contribution in [3.05, 3.63) is 112 Å². The lowest BCUT2D eigenvalue weighted by Gasteiger charge is -2.13. The number of nitrogens with zero attached hydrogens (tertiary/aromatic N) is 3. The molecular weight excluding hydrogens is 418 g/mol. The second kappa shape index (κ2) is 8.85. The van der Waals surface area contributed by atoms with E-state index in [0.29, 0.717) is 34.2 Å². The van der Waals surface area contributed by atoms with Crippen molar-refractivity contribution >= 4 is 22.7 Å². The molecular formula is C26H21N3O2S. The van der Waals surface area contributed by atoms with Crippen molar-refractivity contribution in [1.82, 2.24) is 14.5 Å². The van der Waals surface area contributed by atoms with Gasteiger partial charge in [-0.2, -0.15) is 0 Å². The van der Waals surface area contributed by atoms with Gasteiger partial charge < -0.3 is 4.42 Å². The van der Waals surface area contributed by atoms with Gasteiger partial charge in [0.25, 0.3) is 5.56 Å². The fraction of sp³-hybridized carbons (Fsp3) is 0.115. The number of oxazole rings is 1. The number of aryl methyl sites for hydroxylation is 1. The fourth-order valence-corrected chi connectivity index (χ4v) is 4.56. The molecule has 0 amide bonds. The van der Waals surface area contributed by atoms with E-state index < -0.39 is 0 Å². The van der Waals surface area contributed by atoms with Crippen LogP contribution in [0.2, 0.25) is 0 Å². The zero-order valence-electron chi connectivity index (χ0n) is 17.6. The van der Waals surface area contributed by atoms with Gasteiger partial charge in [0.1, 0.15) is 5.76 Å². The summed E-state index contributed by atoms with van der Waals surface area (Å²) in [4.78, 5) is 22.8. The highest BCUT2D eigenvalue weighted by molar-refractivity contribution is 7.98. The number of benzene rings is 3. The molecule has 3 aromatic carbocycles. The van der Waals surface area contributed by atoms with Gasteiger partial charge >= 0.3 is 0 Å². The van der Waals surface area contributed by atoms with Crippen LogP contribution in [0.4, 0.5) is 0 Å². The largest absolute Gasteiger partial charge is 0.441 e. The number of fused-ring (bicyclic) bond motifs is 1. The summed E-state index contributed by atoms with van der Waals surface area (Å²) in [6.45, 7) is 2.38. The van der Waals surface area contributed by atoms with Crippen molar-refractivity contribution < 1.29 is 4.42 Å². The predicted molar refractivity (Wildman–Crippen MR) is 128 cm³/mol. The van der Waals surface area contributed by atoms with Crippen molar-refractivity contribution in [2.45, 2.75) is 24.4 Å². The number of hydrogen-bond acceptors (Lipinski definition) is 5. The molecule has 0 radical (unpaired) electrons. The maximum atomic E-state index is 13.3. The first kappa shape index (κ1) is 20.3. The summed E-state index contributed by atoms with van der Waals surface area (Å²) in [7, 11) is 0. The first-order valence-electron chi connectivity index (χ1n) is 10.4. The third-order valence-corrected chi connectivity index (χ3v) is 6.25. The van der Waals surface area contributed by atoms with Crippen LogP contribution in [0, 0.1) is 6.92 Å². The highest BCUT2D eigenvalue weighted by Gasteiger charge is 2.16. The van der Waals surface area contributed by atoms with Crippen LogP contribution in [0.5, 0.6) is 0 Å².